The van der Waals surface area contributed by atoms with E-state index in [1.165, 1.54) is 25.7 Å². The van der Waals surface area contributed by atoms with Gasteiger partial charge >= 0.3 is 0 Å². The van der Waals surface area contributed by atoms with Gasteiger partial charge in [-0.15, -0.1) is 0 Å². The maximum atomic E-state index is 14.0. The van der Waals surface area contributed by atoms with E-state index in [0.29, 0.717) is 23.6 Å². The first-order chi connectivity index (χ1) is 13.9. The minimum atomic E-state index is -1.90. The third-order valence-electron chi connectivity index (χ3n) is 4.96. The van der Waals surface area contributed by atoms with Crippen molar-refractivity contribution in [3.63, 3.8) is 0 Å². The summed E-state index contributed by atoms with van der Waals surface area (Å²) in [5.41, 5.74) is 1.06. The average molecular weight is 410 g/mol. The average Bonchev–Trinajstić information content (AvgIpc) is 2.69. The van der Waals surface area contributed by atoms with Gasteiger partial charge in [0.2, 0.25) is 0 Å². The van der Waals surface area contributed by atoms with E-state index in [1.807, 2.05) is 0 Å². The van der Waals surface area contributed by atoms with Crippen LogP contribution in [-0.2, 0) is 4.74 Å². The van der Waals surface area contributed by atoms with E-state index in [1.54, 1.807) is 24.3 Å². The monoisotopic (exact) mass is 410 g/mol. The Morgan fingerprint density at radius 2 is 1.38 bits per heavy atom. The first kappa shape index (κ1) is 23.4. The Morgan fingerprint density at radius 1 is 0.793 bits per heavy atom. The molecule has 3 nitrogen and oxygen atoms in total. The normalized spacial score (nSPS) is 12.5. The van der Waals surface area contributed by atoms with E-state index in [0.717, 1.165) is 25.3 Å². The van der Waals surface area contributed by atoms with Crippen LogP contribution in [-0.4, -0.2) is 16.7 Å². The number of unbranched alkanes of at least 4 members (excludes halogenated alkanes) is 6. The second-order valence-electron chi connectivity index (χ2n) is 7.23. The number of aliphatic hydroxyl groups excluding tert-OH is 1. The quantitative estimate of drug-likeness (QED) is 0.247. The van der Waals surface area contributed by atoms with Gasteiger partial charge in [-0.05, 0) is 23.6 Å². The molecule has 0 aliphatic carbocycles. The molecule has 0 radical (unpaired) electrons. The summed E-state index contributed by atoms with van der Waals surface area (Å²) < 4.78 is 45.8. The van der Waals surface area contributed by atoms with Crippen molar-refractivity contribution in [3.05, 3.63) is 59.4 Å². The molecule has 0 aromatic heterocycles. The molecule has 2 aromatic rings. The highest BCUT2D eigenvalue weighted by Crippen LogP contribution is 2.30. The molecule has 2 N–H and O–H groups in total. The summed E-state index contributed by atoms with van der Waals surface area (Å²) in [5.74, 6) is -3.20. The molecular weight excluding hydrogens is 381 g/mol. The van der Waals surface area contributed by atoms with E-state index in [9.17, 15) is 23.4 Å². The van der Waals surface area contributed by atoms with E-state index < -0.39 is 30.0 Å². The van der Waals surface area contributed by atoms with E-state index >= 15 is 0 Å². The summed E-state index contributed by atoms with van der Waals surface area (Å²) in [7, 11) is 0. The van der Waals surface area contributed by atoms with Crippen LogP contribution in [0, 0.1) is 17.5 Å². The molecule has 0 amide bonds. The summed E-state index contributed by atoms with van der Waals surface area (Å²) in [6.45, 7) is 0.279. The zero-order valence-corrected chi connectivity index (χ0v) is 16.7. The van der Waals surface area contributed by atoms with Crippen molar-refractivity contribution < 1.29 is 28.1 Å². The number of aliphatic hydroxyl groups is 2. The topological polar surface area (TPSA) is 49.7 Å². The first-order valence-corrected chi connectivity index (χ1v) is 10.2. The number of halogens is 3. The van der Waals surface area contributed by atoms with Crippen LogP contribution in [0.25, 0.3) is 11.1 Å². The van der Waals surface area contributed by atoms with Gasteiger partial charge < -0.3 is 14.9 Å². The molecule has 0 fully saturated rings. The van der Waals surface area contributed by atoms with Crippen LogP contribution in [0.3, 0.4) is 0 Å². The first-order valence-electron chi connectivity index (χ1n) is 10.2. The lowest BCUT2D eigenvalue weighted by molar-refractivity contribution is -0.259. The smallest absolute Gasteiger partial charge is 0.267 e. The lowest BCUT2D eigenvalue weighted by Gasteiger charge is -2.20. The van der Waals surface area contributed by atoms with Crippen molar-refractivity contribution in [2.24, 2.45) is 0 Å². The maximum Gasteiger partial charge on any atom is 0.267 e. The van der Waals surface area contributed by atoms with Crippen molar-refractivity contribution in [1.82, 2.24) is 0 Å². The molecule has 160 valence electrons. The molecule has 0 spiro atoms. The summed E-state index contributed by atoms with van der Waals surface area (Å²) in [5, 5.41) is 18.4. The fourth-order valence-corrected chi connectivity index (χ4v) is 3.37. The number of hydrogen-bond donors (Lipinski definition) is 2. The van der Waals surface area contributed by atoms with Crippen LogP contribution in [0.5, 0.6) is 0 Å². The third kappa shape index (κ3) is 7.46. The summed E-state index contributed by atoms with van der Waals surface area (Å²) >= 11 is 0. The Hall–Kier alpha value is -1.89. The molecule has 2 rings (SSSR count). The molecular formula is C23H29F3O3. The number of hydrogen-bond acceptors (Lipinski definition) is 3. The van der Waals surface area contributed by atoms with Crippen molar-refractivity contribution in [1.29, 1.82) is 0 Å². The van der Waals surface area contributed by atoms with E-state index in [2.05, 4.69) is 6.92 Å². The predicted octanol–water partition coefficient (Wildman–Crippen LogP) is 6.24. The summed E-state index contributed by atoms with van der Waals surface area (Å²) in [6, 6.07) is 7.84. The van der Waals surface area contributed by atoms with Crippen molar-refractivity contribution in [2.75, 3.05) is 0 Å². The molecule has 2 aromatic carbocycles. The number of rotatable bonds is 12. The van der Waals surface area contributed by atoms with Gasteiger partial charge in [0, 0.05) is 11.6 Å². The van der Waals surface area contributed by atoms with Gasteiger partial charge in [0.05, 0.1) is 6.10 Å². The van der Waals surface area contributed by atoms with Crippen molar-refractivity contribution >= 4 is 0 Å². The van der Waals surface area contributed by atoms with E-state index in [4.69, 9.17) is 4.74 Å². The Bertz CT molecular complexity index is 748. The third-order valence-corrected chi connectivity index (χ3v) is 4.96. The minimum absolute atomic E-state index is 0.0396. The zero-order chi connectivity index (χ0) is 21.2. The second-order valence-corrected chi connectivity index (χ2v) is 7.23. The Balaban J connectivity index is 2.02. The van der Waals surface area contributed by atoms with Gasteiger partial charge in [0.1, 0.15) is 5.82 Å². The van der Waals surface area contributed by atoms with Crippen LogP contribution >= 0.6 is 0 Å². The lowest BCUT2D eigenvalue weighted by atomic mass is 9.98. The summed E-state index contributed by atoms with van der Waals surface area (Å²) in [4.78, 5) is 0. The highest BCUT2D eigenvalue weighted by molar-refractivity contribution is 5.64. The molecule has 0 heterocycles. The van der Waals surface area contributed by atoms with Gasteiger partial charge in [0.25, 0.3) is 6.48 Å². The van der Waals surface area contributed by atoms with Crippen molar-refractivity contribution in [2.45, 2.75) is 70.9 Å². The Kier molecular flexibility index (Phi) is 9.64. The standard InChI is InChI=1S/C23H29F3O3/c1-2-3-4-5-6-7-8-9-22(29-23(27)28)17-12-10-16(11-13-17)18-14-20(25)21(26)15-19(18)24/h10-15,22-23,27-28H,2-9H2,1H3. The molecule has 0 bridgehead atoms. The van der Waals surface area contributed by atoms with Crippen molar-refractivity contribution in [3.8, 4) is 11.1 Å². The van der Waals surface area contributed by atoms with Gasteiger partial charge in [-0.1, -0.05) is 76.1 Å². The van der Waals surface area contributed by atoms with E-state index in [-0.39, 0.29) is 5.56 Å². The fourth-order valence-electron chi connectivity index (χ4n) is 3.37. The maximum absolute atomic E-state index is 14.0. The van der Waals surface area contributed by atoms with Gasteiger partial charge in [-0.25, -0.2) is 13.2 Å². The van der Waals surface area contributed by atoms with Crippen LogP contribution in [0.15, 0.2) is 36.4 Å². The molecule has 0 aliphatic heterocycles. The van der Waals surface area contributed by atoms with Crippen LogP contribution < -0.4 is 0 Å². The molecule has 0 aliphatic rings. The number of benzene rings is 2. The van der Waals surface area contributed by atoms with Gasteiger partial charge in [0.15, 0.2) is 11.6 Å². The minimum Gasteiger partial charge on any atom is -0.346 e. The second kappa shape index (κ2) is 12.0. The SMILES string of the molecule is CCCCCCCCCC(OC(O)O)c1ccc(-c2cc(F)c(F)cc2F)cc1. The molecule has 1 unspecified atom stereocenters. The van der Waals surface area contributed by atoms with Crippen LogP contribution in [0.1, 0.15) is 70.0 Å². The molecule has 6 heteroatoms. The van der Waals surface area contributed by atoms with Gasteiger partial charge in [-0.2, -0.15) is 0 Å². The number of ether oxygens (including phenoxy) is 1. The predicted molar refractivity (Wildman–Crippen MR) is 106 cm³/mol. The molecule has 0 saturated carbocycles. The highest BCUT2D eigenvalue weighted by atomic mass is 19.2. The zero-order valence-electron chi connectivity index (χ0n) is 16.7. The molecule has 0 saturated heterocycles. The highest BCUT2D eigenvalue weighted by Gasteiger charge is 2.17. The largest absolute Gasteiger partial charge is 0.346 e. The molecule has 29 heavy (non-hydrogen) atoms. The van der Waals surface area contributed by atoms with Gasteiger partial charge in [-0.3, -0.25) is 0 Å². The molecule has 1 atom stereocenters. The summed E-state index contributed by atoms with van der Waals surface area (Å²) in [6.07, 6.45) is 8.00. The Labute approximate surface area is 170 Å². The fraction of sp³-hybridized carbons (Fsp3) is 0.478. The van der Waals surface area contributed by atoms with Crippen LogP contribution in [0.2, 0.25) is 0 Å². The van der Waals surface area contributed by atoms with Crippen LogP contribution in [0.4, 0.5) is 13.2 Å². The lowest BCUT2D eigenvalue weighted by Crippen LogP contribution is -2.15. The Morgan fingerprint density at radius 3 is 2.00 bits per heavy atom.